The zero-order chi connectivity index (χ0) is 20.6. The van der Waals surface area contributed by atoms with Crippen LogP contribution in [0.4, 0.5) is 11.4 Å². The van der Waals surface area contributed by atoms with Crippen LogP contribution in [0, 0.1) is 0 Å². The minimum atomic E-state index is -0.680. The van der Waals surface area contributed by atoms with Crippen LogP contribution in [-0.4, -0.2) is 25.0 Å². The van der Waals surface area contributed by atoms with Gasteiger partial charge in [0.15, 0.2) is 6.10 Å². The lowest BCUT2D eigenvalue weighted by Gasteiger charge is -2.15. The van der Waals surface area contributed by atoms with E-state index in [1.165, 1.54) is 0 Å². The van der Waals surface area contributed by atoms with Crippen molar-refractivity contribution in [2.24, 2.45) is 0 Å². The molecule has 0 aliphatic rings. The van der Waals surface area contributed by atoms with E-state index in [9.17, 15) is 9.59 Å². The van der Waals surface area contributed by atoms with Gasteiger partial charge in [-0.3, -0.25) is 9.59 Å². The third-order valence-electron chi connectivity index (χ3n) is 4.19. The maximum Gasteiger partial charge on any atom is 0.265 e. The van der Waals surface area contributed by atoms with Gasteiger partial charge in [-0.1, -0.05) is 18.2 Å². The van der Waals surface area contributed by atoms with Gasteiger partial charge in [0.1, 0.15) is 11.5 Å². The van der Waals surface area contributed by atoms with E-state index in [4.69, 9.17) is 9.47 Å². The second-order valence-corrected chi connectivity index (χ2v) is 6.32. The van der Waals surface area contributed by atoms with E-state index in [2.05, 4.69) is 10.6 Å². The van der Waals surface area contributed by atoms with Gasteiger partial charge in [0.25, 0.3) is 11.8 Å². The van der Waals surface area contributed by atoms with E-state index >= 15 is 0 Å². The van der Waals surface area contributed by atoms with Gasteiger partial charge in [-0.25, -0.2) is 0 Å². The summed E-state index contributed by atoms with van der Waals surface area (Å²) >= 11 is 0. The Morgan fingerprint density at radius 1 is 0.759 bits per heavy atom. The normalized spacial score (nSPS) is 11.2. The van der Waals surface area contributed by atoms with E-state index in [-0.39, 0.29) is 11.8 Å². The molecular formula is C23H22N2O4. The van der Waals surface area contributed by atoms with E-state index in [1.807, 2.05) is 18.2 Å². The standard InChI is InChI=1S/C23H22N2O4/c1-16(29-21-14-12-20(28-2)13-15-21)22(26)24-18-8-10-19(11-9-18)25-23(27)17-6-4-3-5-7-17/h3-16H,1-2H3,(H,24,26)(H,25,27). The maximum atomic E-state index is 12.4. The van der Waals surface area contributed by atoms with Crippen molar-refractivity contribution in [3.63, 3.8) is 0 Å². The molecule has 0 aliphatic heterocycles. The first-order valence-corrected chi connectivity index (χ1v) is 9.13. The van der Waals surface area contributed by atoms with Crippen LogP contribution < -0.4 is 20.1 Å². The Labute approximate surface area is 169 Å². The van der Waals surface area contributed by atoms with Crippen LogP contribution in [0.25, 0.3) is 0 Å². The zero-order valence-electron chi connectivity index (χ0n) is 16.2. The number of hydrogen-bond donors (Lipinski definition) is 2. The third kappa shape index (κ3) is 5.59. The van der Waals surface area contributed by atoms with Crippen LogP contribution >= 0.6 is 0 Å². The van der Waals surface area contributed by atoms with Crippen LogP contribution in [-0.2, 0) is 4.79 Å². The Kier molecular flexibility index (Phi) is 6.47. The summed E-state index contributed by atoms with van der Waals surface area (Å²) in [5.74, 6) is 0.826. The Morgan fingerprint density at radius 3 is 1.90 bits per heavy atom. The molecule has 0 aliphatic carbocycles. The molecule has 148 valence electrons. The van der Waals surface area contributed by atoms with Gasteiger partial charge < -0.3 is 20.1 Å². The first-order chi connectivity index (χ1) is 14.0. The largest absolute Gasteiger partial charge is 0.497 e. The predicted molar refractivity (Wildman–Crippen MR) is 113 cm³/mol. The van der Waals surface area contributed by atoms with Gasteiger partial charge in [0.2, 0.25) is 0 Å². The van der Waals surface area contributed by atoms with Crippen LogP contribution in [0.2, 0.25) is 0 Å². The van der Waals surface area contributed by atoms with Crippen molar-refractivity contribution in [3.8, 4) is 11.5 Å². The van der Waals surface area contributed by atoms with E-state index < -0.39 is 6.10 Å². The summed E-state index contributed by atoms with van der Waals surface area (Å²) in [5.41, 5.74) is 1.83. The van der Waals surface area contributed by atoms with Gasteiger partial charge in [-0.2, -0.15) is 0 Å². The van der Waals surface area contributed by atoms with Gasteiger partial charge in [0, 0.05) is 16.9 Å². The molecular weight excluding hydrogens is 368 g/mol. The Balaban J connectivity index is 1.54. The summed E-state index contributed by atoms with van der Waals surface area (Å²) in [6, 6.07) is 22.9. The molecule has 0 heterocycles. The highest BCUT2D eigenvalue weighted by molar-refractivity contribution is 6.04. The number of nitrogens with one attached hydrogen (secondary N) is 2. The molecule has 3 aromatic rings. The summed E-state index contributed by atoms with van der Waals surface area (Å²) in [4.78, 5) is 24.5. The van der Waals surface area contributed by atoms with Gasteiger partial charge in [0.05, 0.1) is 7.11 Å². The van der Waals surface area contributed by atoms with Crippen LogP contribution in [0.1, 0.15) is 17.3 Å². The predicted octanol–water partition coefficient (Wildman–Crippen LogP) is 4.35. The minimum absolute atomic E-state index is 0.191. The molecule has 0 aromatic heterocycles. The average molecular weight is 390 g/mol. The maximum absolute atomic E-state index is 12.4. The summed E-state index contributed by atoms with van der Waals surface area (Å²) in [7, 11) is 1.59. The summed E-state index contributed by atoms with van der Waals surface area (Å²) in [6.45, 7) is 1.67. The topological polar surface area (TPSA) is 76.7 Å². The lowest BCUT2D eigenvalue weighted by molar-refractivity contribution is -0.122. The van der Waals surface area contributed by atoms with E-state index in [0.717, 1.165) is 0 Å². The fraction of sp³-hybridized carbons (Fsp3) is 0.130. The first kappa shape index (κ1) is 19.9. The summed E-state index contributed by atoms with van der Waals surface area (Å²) < 4.78 is 10.7. The molecule has 0 spiro atoms. The van der Waals surface area contributed by atoms with Crippen molar-refractivity contribution in [1.82, 2.24) is 0 Å². The van der Waals surface area contributed by atoms with Gasteiger partial charge in [-0.15, -0.1) is 0 Å². The number of carbonyl (C=O) groups excluding carboxylic acids is 2. The smallest absolute Gasteiger partial charge is 0.265 e. The van der Waals surface area contributed by atoms with Crippen molar-refractivity contribution >= 4 is 23.2 Å². The Morgan fingerprint density at radius 2 is 1.31 bits per heavy atom. The second-order valence-electron chi connectivity index (χ2n) is 6.32. The number of carbonyl (C=O) groups is 2. The van der Waals surface area contributed by atoms with E-state index in [1.54, 1.807) is 74.7 Å². The molecule has 29 heavy (non-hydrogen) atoms. The number of rotatable bonds is 7. The number of amides is 2. The second kappa shape index (κ2) is 9.41. The summed E-state index contributed by atoms with van der Waals surface area (Å²) in [6.07, 6.45) is -0.680. The number of methoxy groups -OCH3 is 1. The molecule has 0 fully saturated rings. The van der Waals surface area contributed by atoms with Crippen LogP contribution in [0.5, 0.6) is 11.5 Å². The van der Waals surface area contributed by atoms with Crippen LogP contribution in [0.15, 0.2) is 78.9 Å². The quantitative estimate of drug-likeness (QED) is 0.629. The van der Waals surface area contributed by atoms with Crippen molar-refractivity contribution in [2.45, 2.75) is 13.0 Å². The fourth-order valence-corrected chi connectivity index (χ4v) is 2.59. The van der Waals surface area contributed by atoms with Crippen LogP contribution in [0.3, 0.4) is 0 Å². The molecule has 2 N–H and O–H groups in total. The molecule has 0 bridgehead atoms. The molecule has 6 heteroatoms. The highest BCUT2D eigenvalue weighted by atomic mass is 16.5. The molecule has 2 amide bonds. The molecule has 3 rings (SSSR count). The minimum Gasteiger partial charge on any atom is -0.497 e. The number of hydrogen-bond acceptors (Lipinski definition) is 4. The fourth-order valence-electron chi connectivity index (χ4n) is 2.59. The van der Waals surface area contributed by atoms with E-state index in [0.29, 0.717) is 28.4 Å². The molecule has 6 nitrogen and oxygen atoms in total. The third-order valence-corrected chi connectivity index (χ3v) is 4.19. The molecule has 1 atom stereocenters. The van der Waals surface area contributed by atoms with Crippen molar-refractivity contribution in [2.75, 3.05) is 17.7 Å². The highest BCUT2D eigenvalue weighted by Crippen LogP contribution is 2.19. The molecule has 0 saturated carbocycles. The lowest BCUT2D eigenvalue weighted by atomic mass is 10.2. The number of anilines is 2. The molecule has 0 saturated heterocycles. The van der Waals surface area contributed by atoms with Gasteiger partial charge >= 0.3 is 0 Å². The number of ether oxygens (including phenoxy) is 2. The monoisotopic (exact) mass is 390 g/mol. The molecule has 0 radical (unpaired) electrons. The first-order valence-electron chi connectivity index (χ1n) is 9.13. The molecule has 1 unspecified atom stereocenters. The number of benzene rings is 3. The van der Waals surface area contributed by atoms with Crippen molar-refractivity contribution < 1.29 is 19.1 Å². The highest BCUT2D eigenvalue weighted by Gasteiger charge is 2.15. The SMILES string of the molecule is COc1ccc(OC(C)C(=O)Nc2ccc(NC(=O)c3ccccc3)cc2)cc1. The summed E-state index contributed by atoms with van der Waals surface area (Å²) in [5, 5.41) is 5.61. The van der Waals surface area contributed by atoms with Gasteiger partial charge in [-0.05, 0) is 67.6 Å². The lowest BCUT2D eigenvalue weighted by Crippen LogP contribution is -2.30. The Bertz CT molecular complexity index is 954. The van der Waals surface area contributed by atoms with Crippen molar-refractivity contribution in [3.05, 3.63) is 84.4 Å². The zero-order valence-corrected chi connectivity index (χ0v) is 16.2. The molecule has 3 aromatic carbocycles. The average Bonchev–Trinajstić information content (AvgIpc) is 2.76. The Hall–Kier alpha value is -3.80. The van der Waals surface area contributed by atoms with Crippen molar-refractivity contribution in [1.29, 1.82) is 0 Å².